The highest BCUT2D eigenvalue weighted by Crippen LogP contribution is 2.30. The van der Waals surface area contributed by atoms with E-state index in [0.29, 0.717) is 5.75 Å². The van der Waals surface area contributed by atoms with Gasteiger partial charge in [0.15, 0.2) is 0 Å². The highest BCUT2D eigenvalue weighted by molar-refractivity contribution is 5.91. The first kappa shape index (κ1) is 9.99. The van der Waals surface area contributed by atoms with Gasteiger partial charge in [0, 0.05) is 11.4 Å². The topological polar surface area (TPSA) is 46.2 Å². The van der Waals surface area contributed by atoms with E-state index in [1.807, 2.05) is 30.3 Å². The third-order valence-electron chi connectivity index (χ3n) is 2.77. The van der Waals surface area contributed by atoms with Crippen molar-refractivity contribution in [2.75, 3.05) is 0 Å². The van der Waals surface area contributed by atoms with E-state index in [1.165, 1.54) is 0 Å². The van der Waals surface area contributed by atoms with Gasteiger partial charge in [-0.05, 0) is 23.4 Å². The maximum Gasteiger partial charge on any atom is 0.123 e. The van der Waals surface area contributed by atoms with E-state index in [2.05, 4.69) is 6.92 Å². The second kappa shape index (κ2) is 3.91. The number of hydrogen-bond donors (Lipinski definition) is 2. The lowest BCUT2D eigenvalue weighted by Gasteiger charge is -2.13. The van der Waals surface area contributed by atoms with Gasteiger partial charge in [-0.1, -0.05) is 37.3 Å². The lowest BCUT2D eigenvalue weighted by molar-refractivity contribution is 0.481. The summed E-state index contributed by atoms with van der Waals surface area (Å²) >= 11 is 0. The fraction of sp³-hybridized carbons (Fsp3) is 0.231. The molecule has 0 amide bonds. The zero-order valence-corrected chi connectivity index (χ0v) is 8.77. The van der Waals surface area contributed by atoms with E-state index in [4.69, 9.17) is 5.73 Å². The van der Waals surface area contributed by atoms with Gasteiger partial charge < -0.3 is 10.8 Å². The molecule has 0 fully saturated rings. The molecule has 2 nitrogen and oxygen atoms in total. The predicted molar refractivity (Wildman–Crippen MR) is 62.8 cm³/mol. The van der Waals surface area contributed by atoms with Gasteiger partial charge in [-0.25, -0.2) is 0 Å². The van der Waals surface area contributed by atoms with Crippen LogP contribution in [0.25, 0.3) is 10.8 Å². The molecular weight excluding hydrogens is 186 g/mol. The van der Waals surface area contributed by atoms with Gasteiger partial charge in [0.05, 0.1) is 0 Å². The summed E-state index contributed by atoms with van der Waals surface area (Å²) in [6.07, 6.45) is 0.898. The van der Waals surface area contributed by atoms with Gasteiger partial charge >= 0.3 is 0 Å². The number of aromatic hydroxyl groups is 1. The lowest BCUT2D eigenvalue weighted by Crippen LogP contribution is -2.08. The number of rotatable bonds is 2. The van der Waals surface area contributed by atoms with Crippen LogP contribution in [0, 0.1) is 0 Å². The molecule has 2 rings (SSSR count). The van der Waals surface area contributed by atoms with Gasteiger partial charge in [-0.3, -0.25) is 0 Å². The summed E-state index contributed by atoms with van der Waals surface area (Å²) in [7, 11) is 0. The minimum Gasteiger partial charge on any atom is -0.507 e. The maximum atomic E-state index is 9.71. The van der Waals surface area contributed by atoms with E-state index in [0.717, 1.165) is 22.8 Å². The Bertz CT molecular complexity index is 479. The number of phenols is 1. The molecule has 0 bridgehead atoms. The molecule has 0 aliphatic carbocycles. The molecular formula is C13H15NO. The quantitative estimate of drug-likeness (QED) is 0.784. The van der Waals surface area contributed by atoms with E-state index in [1.54, 1.807) is 6.07 Å². The van der Waals surface area contributed by atoms with E-state index in [-0.39, 0.29) is 6.04 Å². The van der Waals surface area contributed by atoms with Crippen molar-refractivity contribution in [1.82, 2.24) is 0 Å². The van der Waals surface area contributed by atoms with Crippen LogP contribution in [0.4, 0.5) is 0 Å². The molecule has 1 atom stereocenters. The molecule has 0 spiro atoms. The highest BCUT2D eigenvalue weighted by Gasteiger charge is 2.09. The van der Waals surface area contributed by atoms with Crippen LogP contribution in [0.3, 0.4) is 0 Å². The summed E-state index contributed by atoms with van der Waals surface area (Å²) < 4.78 is 0. The number of hydrogen-bond acceptors (Lipinski definition) is 2. The molecule has 0 saturated heterocycles. The number of phenolic OH excluding ortho intramolecular Hbond substituents is 1. The largest absolute Gasteiger partial charge is 0.507 e. The van der Waals surface area contributed by atoms with Crippen LogP contribution in [0.5, 0.6) is 5.75 Å². The molecule has 2 aromatic carbocycles. The Morgan fingerprint density at radius 3 is 2.47 bits per heavy atom. The SMILES string of the molecule is CC[C@@H](N)c1ccc(O)c2ccccc12. The van der Waals surface area contributed by atoms with Crippen LogP contribution in [0.2, 0.25) is 0 Å². The van der Waals surface area contributed by atoms with E-state index < -0.39 is 0 Å². The molecule has 0 unspecified atom stereocenters. The Morgan fingerprint density at radius 2 is 1.80 bits per heavy atom. The summed E-state index contributed by atoms with van der Waals surface area (Å²) in [5.74, 6) is 0.317. The van der Waals surface area contributed by atoms with Crippen molar-refractivity contribution < 1.29 is 5.11 Å². The van der Waals surface area contributed by atoms with Crippen molar-refractivity contribution in [3.05, 3.63) is 42.0 Å². The minimum absolute atomic E-state index is 0.0375. The van der Waals surface area contributed by atoms with E-state index >= 15 is 0 Å². The van der Waals surface area contributed by atoms with Crippen molar-refractivity contribution in [3.8, 4) is 5.75 Å². The zero-order chi connectivity index (χ0) is 10.8. The molecule has 0 radical (unpaired) electrons. The smallest absolute Gasteiger partial charge is 0.123 e. The van der Waals surface area contributed by atoms with Crippen LogP contribution in [-0.2, 0) is 0 Å². The van der Waals surface area contributed by atoms with Gasteiger partial charge in [0.2, 0.25) is 0 Å². The van der Waals surface area contributed by atoms with Crippen molar-refractivity contribution in [2.45, 2.75) is 19.4 Å². The van der Waals surface area contributed by atoms with Gasteiger partial charge in [-0.15, -0.1) is 0 Å². The first-order valence-electron chi connectivity index (χ1n) is 5.20. The summed E-state index contributed by atoms with van der Waals surface area (Å²) in [6, 6.07) is 11.5. The Hall–Kier alpha value is -1.54. The summed E-state index contributed by atoms with van der Waals surface area (Å²) in [5, 5.41) is 11.6. The normalized spacial score (nSPS) is 12.9. The molecule has 2 heteroatoms. The van der Waals surface area contributed by atoms with E-state index in [9.17, 15) is 5.11 Å². The zero-order valence-electron chi connectivity index (χ0n) is 8.77. The highest BCUT2D eigenvalue weighted by atomic mass is 16.3. The Labute approximate surface area is 89.3 Å². The monoisotopic (exact) mass is 201 g/mol. The summed E-state index contributed by atoms with van der Waals surface area (Å²) in [6.45, 7) is 2.06. The second-order valence-electron chi connectivity index (χ2n) is 3.73. The van der Waals surface area contributed by atoms with Crippen LogP contribution < -0.4 is 5.73 Å². The molecule has 2 aromatic rings. The van der Waals surface area contributed by atoms with Gasteiger partial charge in [0.25, 0.3) is 0 Å². The first-order valence-corrected chi connectivity index (χ1v) is 5.20. The fourth-order valence-corrected chi connectivity index (χ4v) is 1.85. The van der Waals surface area contributed by atoms with Crippen molar-refractivity contribution in [3.63, 3.8) is 0 Å². The molecule has 0 heterocycles. The average molecular weight is 201 g/mol. The van der Waals surface area contributed by atoms with Crippen molar-refractivity contribution >= 4 is 10.8 Å². The molecule has 0 aliphatic rings. The van der Waals surface area contributed by atoms with Gasteiger partial charge in [-0.2, -0.15) is 0 Å². The lowest BCUT2D eigenvalue weighted by atomic mass is 9.97. The molecule has 78 valence electrons. The second-order valence-corrected chi connectivity index (χ2v) is 3.73. The standard InChI is InChI=1S/C13H15NO/c1-2-12(14)10-7-8-13(15)11-6-4-3-5-9(10)11/h3-8,12,15H,2,14H2,1H3/t12-/m1/s1. The molecule has 0 aromatic heterocycles. The summed E-state index contributed by atoms with van der Waals surface area (Å²) in [5.41, 5.74) is 7.13. The predicted octanol–water partition coefficient (Wildman–Crippen LogP) is 2.96. The molecule has 0 aliphatic heterocycles. The van der Waals surface area contributed by atoms with Crippen LogP contribution in [0.15, 0.2) is 36.4 Å². The molecule has 0 saturated carbocycles. The van der Waals surface area contributed by atoms with Crippen LogP contribution >= 0.6 is 0 Å². The number of benzene rings is 2. The third-order valence-corrected chi connectivity index (χ3v) is 2.77. The first-order chi connectivity index (χ1) is 7.24. The Kier molecular flexibility index (Phi) is 2.60. The van der Waals surface area contributed by atoms with Crippen LogP contribution in [0.1, 0.15) is 24.9 Å². The minimum atomic E-state index is 0.0375. The molecule has 3 N–H and O–H groups in total. The fourth-order valence-electron chi connectivity index (χ4n) is 1.85. The molecule has 15 heavy (non-hydrogen) atoms. The number of fused-ring (bicyclic) bond motifs is 1. The number of nitrogens with two attached hydrogens (primary N) is 1. The third kappa shape index (κ3) is 1.68. The maximum absolute atomic E-state index is 9.71. The van der Waals surface area contributed by atoms with Crippen LogP contribution in [-0.4, -0.2) is 5.11 Å². The van der Waals surface area contributed by atoms with Crippen molar-refractivity contribution in [2.24, 2.45) is 5.73 Å². The Balaban J connectivity index is 2.71. The van der Waals surface area contributed by atoms with Crippen molar-refractivity contribution in [1.29, 1.82) is 0 Å². The van der Waals surface area contributed by atoms with Gasteiger partial charge in [0.1, 0.15) is 5.75 Å². The Morgan fingerprint density at radius 1 is 1.13 bits per heavy atom. The average Bonchev–Trinajstić information content (AvgIpc) is 2.29. The summed E-state index contributed by atoms with van der Waals surface area (Å²) in [4.78, 5) is 0.